The maximum absolute atomic E-state index is 12.3. The molecule has 0 aliphatic heterocycles. The number of hydrogen-bond acceptors (Lipinski definition) is 4. The Morgan fingerprint density at radius 3 is 2.57 bits per heavy atom. The van der Waals surface area contributed by atoms with E-state index in [1.54, 1.807) is 30.3 Å². The molecule has 0 aromatic heterocycles. The van der Waals surface area contributed by atoms with Crippen molar-refractivity contribution in [1.29, 1.82) is 0 Å². The monoisotopic (exact) mass is 325 g/mol. The molecule has 6 nitrogen and oxygen atoms in total. The Labute approximate surface area is 126 Å². The Morgan fingerprint density at radius 2 is 1.90 bits per heavy atom. The summed E-state index contributed by atoms with van der Waals surface area (Å²) < 4.78 is 26.9. The molecule has 0 radical (unpaired) electrons. The van der Waals surface area contributed by atoms with E-state index in [4.69, 9.17) is 22.5 Å². The fourth-order valence-electron chi connectivity index (χ4n) is 1.67. The second kappa shape index (κ2) is 6.02. The zero-order valence-electron chi connectivity index (χ0n) is 10.7. The van der Waals surface area contributed by atoms with Crippen molar-refractivity contribution in [3.8, 4) is 0 Å². The van der Waals surface area contributed by atoms with Gasteiger partial charge in [-0.05, 0) is 24.3 Å². The molecule has 4 N–H and O–H groups in total. The Kier molecular flexibility index (Phi) is 4.35. The first-order valence-electron chi connectivity index (χ1n) is 5.79. The maximum atomic E-state index is 12.3. The van der Waals surface area contributed by atoms with Crippen molar-refractivity contribution < 1.29 is 13.6 Å². The van der Waals surface area contributed by atoms with Gasteiger partial charge in [0.25, 0.3) is 10.0 Å². The van der Waals surface area contributed by atoms with Gasteiger partial charge < -0.3 is 10.9 Å². The molecule has 0 spiro atoms. The third kappa shape index (κ3) is 3.45. The lowest BCUT2D eigenvalue weighted by atomic mass is 10.2. The zero-order valence-corrected chi connectivity index (χ0v) is 12.3. The summed E-state index contributed by atoms with van der Waals surface area (Å²) in [6.45, 7) is 0. The Bertz CT molecular complexity index is 791. The van der Waals surface area contributed by atoms with Crippen LogP contribution in [0.25, 0.3) is 0 Å². The van der Waals surface area contributed by atoms with Gasteiger partial charge in [-0.15, -0.1) is 0 Å². The zero-order chi connectivity index (χ0) is 15.5. The molecule has 0 saturated heterocycles. The summed E-state index contributed by atoms with van der Waals surface area (Å²) in [6.07, 6.45) is 0. The summed E-state index contributed by atoms with van der Waals surface area (Å²) in [7, 11) is -3.82. The van der Waals surface area contributed by atoms with E-state index in [1.807, 2.05) is 0 Å². The molecule has 2 rings (SSSR count). The molecule has 0 saturated carbocycles. The van der Waals surface area contributed by atoms with Crippen LogP contribution in [0.2, 0.25) is 5.02 Å². The van der Waals surface area contributed by atoms with Gasteiger partial charge in [-0.3, -0.25) is 4.72 Å². The number of amidine groups is 1. The van der Waals surface area contributed by atoms with Crippen molar-refractivity contribution >= 4 is 33.1 Å². The lowest BCUT2D eigenvalue weighted by Crippen LogP contribution is -2.16. The second-order valence-corrected chi connectivity index (χ2v) is 6.16. The van der Waals surface area contributed by atoms with E-state index >= 15 is 0 Å². The molecule has 0 atom stereocenters. The Hall–Kier alpha value is -2.25. The van der Waals surface area contributed by atoms with Crippen molar-refractivity contribution in [3.05, 3.63) is 59.1 Å². The van der Waals surface area contributed by atoms with E-state index < -0.39 is 10.0 Å². The lowest BCUT2D eigenvalue weighted by Gasteiger charge is -2.10. The summed E-state index contributed by atoms with van der Waals surface area (Å²) in [6, 6.07) is 12.3. The van der Waals surface area contributed by atoms with E-state index in [0.717, 1.165) is 0 Å². The van der Waals surface area contributed by atoms with Crippen molar-refractivity contribution in [1.82, 2.24) is 0 Å². The van der Waals surface area contributed by atoms with Gasteiger partial charge in [0, 0.05) is 11.3 Å². The van der Waals surface area contributed by atoms with Crippen LogP contribution in [-0.4, -0.2) is 19.5 Å². The molecule has 8 heteroatoms. The molecule has 0 aliphatic rings. The van der Waals surface area contributed by atoms with Gasteiger partial charge in [0.1, 0.15) is 4.90 Å². The van der Waals surface area contributed by atoms with Crippen LogP contribution in [0.15, 0.2) is 58.6 Å². The van der Waals surface area contributed by atoms with Crippen LogP contribution in [0.3, 0.4) is 0 Å². The summed E-state index contributed by atoms with van der Waals surface area (Å²) in [5, 5.41) is 11.6. The van der Waals surface area contributed by atoms with E-state index in [0.29, 0.717) is 5.56 Å². The quantitative estimate of drug-likeness (QED) is 0.347. The van der Waals surface area contributed by atoms with E-state index in [9.17, 15) is 8.42 Å². The van der Waals surface area contributed by atoms with Crippen LogP contribution < -0.4 is 10.5 Å². The molecular weight excluding hydrogens is 314 g/mol. The Balaban J connectivity index is 2.36. The van der Waals surface area contributed by atoms with Crippen molar-refractivity contribution in [2.45, 2.75) is 4.90 Å². The molecule has 0 heterocycles. The average molecular weight is 326 g/mol. The minimum Gasteiger partial charge on any atom is -0.409 e. The second-order valence-electron chi connectivity index (χ2n) is 4.10. The van der Waals surface area contributed by atoms with Crippen molar-refractivity contribution in [2.24, 2.45) is 10.9 Å². The topological polar surface area (TPSA) is 105 Å². The van der Waals surface area contributed by atoms with Gasteiger partial charge in [0.05, 0.1) is 5.02 Å². The number of nitrogens with zero attached hydrogens (tertiary/aromatic N) is 1. The maximum Gasteiger partial charge on any atom is 0.263 e. The molecule has 0 unspecified atom stereocenters. The van der Waals surface area contributed by atoms with Crippen molar-refractivity contribution in [2.75, 3.05) is 4.72 Å². The van der Waals surface area contributed by atoms with Crippen molar-refractivity contribution in [3.63, 3.8) is 0 Å². The molecular formula is C13H12ClN3O3S. The van der Waals surface area contributed by atoms with Gasteiger partial charge in [-0.1, -0.05) is 41.0 Å². The number of hydrogen-bond donors (Lipinski definition) is 3. The third-order valence-corrected chi connectivity index (χ3v) is 4.53. The molecule has 2 aromatic carbocycles. The molecule has 0 amide bonds. The normalized spacial score (nSPS) is 12.1. The summed E-state index contributed by atoms with van der Waals surface area (Å²) >= 11 is 5.89. The fraction of sp³-hybridized carbons (Fsp3) is 0. The molecule has 0 bridgehead atoms. The standard InChI is InChI=1S/C13H12ClN3O3S/c14-11-6-1-2-7-12(11)21(19,20)17-10-5-3-4-9(8-10)13(15)16-18/h1-8,17-18H,(H2,15,16). The van der Waals surface area contributed by atoms with E-state index in [1.165, 1.54) is 18.2 Å². The SMILES string of the molecule is N/C(=N/O)c1cccc(NS(=O)(=O)c2ccccc2Cl)c1. The van der Waals surface area contributed by atoms with Crippen LogP contribution in [0.5, 0.6) is 0 Å². The summed E-state index contributed by atoms with van der Waals surface area (Å²) in [5.41, 5.74) is 6.13. The number of rotatable bonds is 4. The minimum atomic E-state index is -3.82. The average Bonchev–Trinajstić information content (AvgIpc) is 2.46. The van der Waals surface area contributed by atoms with Gasteiger partial charge in [0.15, 0.2) is 5.84 Å². The van der Waals surface area contributed by atoms with Crippen LogP contribution in [0.4, 0.5) is 5.69 Å². The first-order chi connectivity index (χ1) is 9.94. The van der Waals surface area contributed by atoms with Crippen LogP contribution in [0.1, 0.15) is 5.56 Å². The number of nitrogens with one attached hydrogen (secondary N) is 1. The summed E-state index contributed by atoms with van der Waals surface area (Å²) in [4.78, 5) is -0.0270. The number of benzene rings is 2. The van der Waals surface area contributed by atoms with Crippen LogP contribution in [0, 0.1) is 0 Å². The fourth-order valence-corrected chi connectivity index (χ4v) is 3.24. The number of sulfonamides is 1. The number of nitrogens with two attached hydrogens (primary N) is 1. The van der Waals surface area contributed by atoms with Crippen LogP contribution >= 0.6 is 11.6 Å². The van der Waals surface area contributed by atoms with E-state index in [2.05, 4.69) is 9.88 Å². The van der Waals surface area contributed by atoms with E-state index in [-0.39, 0.29) is 21.4 Å². The third-order valence-electron chi connectivity index (χ3n) is 2.64. The number of halogens is 1. The highest BCUT2D eigenvalue weighted by atomic mass is 35.5. The van der Waals surface area contributed by atoms with Gasteiger partial charge >= 0.3 is 0 Å². The molecule has 0 fully saturated rings. The largest absolute Gasteiger partial charge is 0.409 e. The predicted octanol–water partition coefficient (Wildman–Crippen LogP) is 2.24. The highest BCUT2D eigenvalue weighted by molar-refractivity contribution is 7.92. The van der Waals surface area contributed by atoms with Gasteiger partial charge in [-0.25, -0.2) is 8.42 Å². The minimum absolute atomic E-state index is 0.0270. The molecule has 2 aromatic rings. The first-order valence-corrected chi connectivity index (χ1v) is 7.65. The highest BCUT2D eigenvalue weighted by Gasteiger charge is 2.17. The molecule has 110 valence electrons. The molecule has 21 heavy (non-hydrogen) atoms. The highest BCUT2D eigenvalue weighted by Crippen LogP contribution is 2.23. The van der Waals surface area contributed by atoms with Crippen LogP contribution in [-0.2, 0) is 10.0 Å². The number of oxime groups is 1. The van der Waals surface area contributed by atoms with Gasteiger partial charge in [0.2, 0.25) is 0 Å². The summed E-state index contributed by atoms with van der Waals surface area (Å²) in [5.74, 6) is -0.117. The first kappa shape index (κ1) is 15.1. The Morgan fingerprint density at radius 1 is 1.19 bits per heavy atom. The number of anilines is 1. The smallest absolute Gasteiger partial charge is 0.263 e. The lowest BCUT2D eigenvalue weighted by molar-refractivity contribution is 0.318. The van der Waals surface area contributed by atoms with Gasteiger partial charge in [-0.2, -0.15) is 0 Å². The molecule has 0 aliphatic carbocycles. The predicted molar refractivity (Wildman–Crippen MR) is 81.2 cm³/mol.